The average molecular weight is 345 g/mol. The summed E-state index contributed by atoms with van der Waals surface area (Å²) in [6, 6.07) is 15.3. The van der Waals surface area contributed by atoms with Crippen molar-refractivity contribution in [3.63, 3.8) is 0 Å². The van der Waals surface area contributed by atoms with Crippen LogP contribution in [0.25, 0.3) is 0 Å². The molecule has 126 valence electrons. The van der Waals surface area contributed by atoms with Gasteiger partial charge in [0.15, 0.2) is 0 Å². The molecule has 0 radical (unpaired) electrons. The number of anilines is 1. The van der Waals surface area contributed by atoms with E-state index in [1.807, 2.05) is 12.1 Å². The highest BCUT2D eigenvalue weighted by molar-refractivity contribution is 6.30. The molecule has 3 rings (SSSR count). The van der Waals surface area contributed by atoms with Gasteiger partial charge < -0.3 is 15.4 Å². The molecular weight excluding hydrogens is 324 g/mol. The molecule has 1 amide bonds. The Kier molecular flexibility index (Phi) is 5.38. The van der Waals surface area contributed by atoms with Gasteiger partial charge in [-0.3, -0.25) is 4.79 Å². The van der Waals surface area contributed by atoms with Crippen molar-refractivity contribution in [2.24, 2.45) is 5.92 Å². The minimum Gasteiger partial charge on any atom is -0.497 e. The van der Waals surface area contributed by atoms with Crippen LogP contribution in [0.3, 0.4) is 0 Å². The van der Waals surface area contributed by atoms with E-state index in [0.717, 1.165) is 11.4 Å². The second kappa shape index (κ2) is 7.69. The number of hydrogen-bond acceptors (Lipinski definition) is 3. The number of methoxy groups -OCH3 is 1. The first kappa shape index (κ1) is 16.8. The zero-order chi connectivity index (χ0) is 16.9. The Morgan fingerprint density at radius 1 is 1.17 bits per heavy atom. The largest absolute Gasteiger partial charge is 0.497 e. The van der Waals surface area contributed by atoms with Gasteiger partial charge in [-0.1, -0.05) is 23.7 Å². The molecule has 2 N–H and O–H groups in total. The summed E-state index contributed by atoms with van der Waals surface area (Å²) in [5, 5.41) is 6.91. The molecule has 24 heavy (non-hydrogen) atoms. The summed E-state index contributed by atoms with van der Waals surface area (Å²) < 4.78 is 5.20. The fraction of sp³-hybridized carbons (Fsp3) is 0.316. The molecule has 1 saturated carbocycles. The number of hydrogen-bond donors (Lipinski definition) is 2. The fourth-order valence-electron chi connectivity index (χ4n) is 2.74. The maximum absolute atomic E-state index is 12.1. The molecule has 0 heterocycles. The van der Waals surface area contributed by atoms with Crippen molar-refractivity contribution in [3.05, 3.63) is 59.1 Å². The van der Waals surface area contributed by atoms with Gasteiger partial charge >= 0.3 is 0 Å². The van der Waals surface area contributed by atoms with Crippen LogP contribution in [-0.2, 0) is 4.79 Å². The summed E-state index contributed by atoms with van der Waals surface area (Å²) in [6.07, 6.45) is 2.39. The van der Waals surface area contributed by atoms with Gasteiger partial charge in [0.05, 0.1) is 13.7 Å². The molecule has 0 spiro atoms. The van der Waals surface area contributed by atoms with Gasteiger partial charge in [-0.15, -0.1) is 0 Å². The number of ether oxygens (including phenoxy) is 1. The maximum Gasteiger partial charge on any atom is 0.238 e. The lowest BCUT2D eigenvalue weighted by molar-refractivity contribution is -0.115. The van der Waals surface area contributed by atoms with E-state index in [2.05, 4.69) is 22.8 Å². The summed E-state index contributed by atoms with van der Waals surface area (Å²) in [5.74, 6) is 1.38. The Balaban J connectivity index is 1.57. The monoisotopic (exact) mass is 344 g/mol. The molecule has 1 aliphatic rings. The zero-order valence-electron chi connectivity index (χ0n) is 13.6. The number of carbonyl (C=O) groups excluding carboxylic acids is 1. The molecular formula is C19H21ClN2O2. The molecule has 0 bridgehead atoms. The van der Waals surface area contributed by atoms with Crippen molar-refractivity contribution in [3.8, 4) is 5.75 Å². The summed E-state index contributed by atoms with van der Waals surface area (Å²) in [6.45, 7) is 0.274. The molecule has 1 unspecified atom stereocenters. The van der Waals surface area contributed by atoms with Crippen LogP contribution in [0.15, 0.2) is 48.5 Å². The second-order valence-corrected chi connectivity index (χ2v) is 6.46. The van der Waals surface area contributed by atoms with Gasteiger partial charge in [0.1, 0.15) is 5.75 Å². The first-order chi connectivity index (χ1) is 11.7. The zero-order valence-corrected chi connectivity index (χ0v) is 14.3. The molecule has 0 aliphatic heterocycles. The molecule has 2 aromatic carbocycles. The summed E-state index contributed by atoms with van der Waals surface area (Å²) >= 11 is 5.85. The van der Waals surface area contributed by atoms with Crippen molar-refractivity contribution in [2.45, 2.75) is 18.9 Å². The minimum atomic E-state index is -0.0588. The quantitative estimate of drug-likeness (QED) is 0.797. The standard InChI is InChI=1S/C19H21ClN2O2/c1-24-17-10-4-14(5-11-17)19(13-2-3-13)21-12-18(23)22-16-8-6-15(20)7-9-16/h4-11,13,19,21H,2-3,12H2,1H3,(H,22,23). The number of amides is 1. The normalized spacial score (nSPS) is 14.9. The SMILES string of the molecule is COc1ccc(C(NCC(=O)Nc2ccc(Cl)cc2)C2CC2)cc1. The second-order valence-electron chi connectivity index (χ2n) is 6.02. The lowest BCUT2D eigenvalue weighted by Crippen LogP contribution is -2.32. The van der Waals surface area contributed by atoms with Crippen LogP contribution in [0.5, 0.6) is 5.75 Å². The van der Waals surface area contributed by atoms with Crippen LogP contribution in [0.4, 0.5) is 5.69 Å². The Hall–Kier alpha value is -2.04. The van der Waals surface area contributed by atoms with Crippen molar-refractivity contribution in [1.82, 2.24) is 5.32 Å². The van der Waals surface area contributed by atoms with E-state index in [1.54, 1.807) is 31.4 Å². The van der Waals surface area contributed by atoms with E-state index in [0.29, 0.717) is 10.9 Å². The highest BCUT2D eigenvalue weighted by Gasteiger charge is 2.32. The van der Waals surface area contributed by atoms with Crippen LogP contribution in [-0.4, -0.2) is 19.6 Å². The Morgan fingerprint density at radius 2 is 1.83 bits per heavy atom. The van der Waals surface area contributed by atoms with E-state index >= 15 is 0 Å². The Bertz CT molecular complexity index is 682. The number of rotatable bonds is 7. The average Bonchev–Trinajstić information content (AvgIpc) is 3.43. The number of carbonyl (C=O) groups is 1. The lowest BCUT2D eigenvalue weighted by Gasteiger charge is -2.19. The molecule has 0 saturated heterocycles. The first-order valence-electron chi connectivity index (χ1n) is 8.08. The number of nitrogens with one attached hydrogen (secondary N) is 2. The predicted octanol–water partition coefficient (Wildman–Crippen LogP) is 4.03. The van der Waals surface area contributed by atoms with Crippen molar-refractivity contribution in [1.29, 1.82) is 0 Å². The summed E-state index contributed by atoms with van der Waals surface area (Å²) in [7, 11) is 1.66. The van der Waals surface area contributed by atoms with Gasteiger partial charge in [0.25, 0.3) is 0 Å². The first-order valence-corrected chi connectivity index (χ1v) is 8.46. The predicted molar refractivity (Wildman–Crippen MR) is 96.5 cm³/mol. The molecule has 1 aliphatic carbocycles. The molecule has 1 fully saturated rings. The van der Waals surface area contributed by atoms with E-state index in [9.17, 15) is 4.79 Å². The van der Waals surface area contributed by atoms with E-state index in [1.165, 1.54) is 18.4 Å². The number of benzene rings is 2. The highest BCUT2D eigenvalue weighted by atomic mass is 35.5. The van der Waals surface area contributed by atoms with Crippen molar-refractivity contribution < 1.29 is 9.53 Å². The Labute approximate surface area is 147 Å². The van der Waals surface area contributed by atoms with Crippen LogP contribution >= 0.6 is 11.6 Å². The molecule has 0 aromatic heterocycles. The fourth-order valence-corrected chi connectivity index (χ4v) is 2.86. The van der Waals surface area contributed by atoms with Crippen LogP contribution in [0, 0.1) is 5.92 Å². The van der Waals surface area contributed by atoms with Gasteiger partial charge in [-0.05, 0) is 60.7 Å². The Morgan fingerprint density at radius 3 is 2.42 bits per heavy atom. The van der Waals surface area contributed by atoms with Gasteiger partial charge in [-0.2, -0.15) is 0 Å². The van der Waals surface area contributed by atoms with Crippen molar-refractivity contribution in [2.75, 3.05) is 19.0 Å². The van der Waals surface area contributed by atoms with Gasteiger partial charge in [0.2, 0.25) is 5.91 Å². The molecule has 4 nitrogen and oxygen atoms in total. The van der Waals surface area contributed by atoms with Crippen LogP contribution in [0.2, 0.25) is 5.02 Å². The summed E-state index contributed by atoms with van der Waals surface area (Å²) in [5.41, 5.74) is 1.94. The van der Waals surface area contributed by atoms with Crippen LogP contribution < -0.4 is 15.4 Å². The third-order valence-corrected chi connectivity index (χ3v) is 4.43. The molecule has 1 atom stereocenters. The lowest BCUT2D eigenvalue weighted by atomic mass is 10.0. The number of halogens is 1. The highest BCUT2D eigenvalue weighted by Crippen LogP contribution is 2.41. The summed E-state index contributed by atoms with van der Waals surface area (Å²) in [4.78, 5) is 12.1. The van der Waals surface area contributed by atoms with E-state index in [4.69, 9.17) is 16.3 Å². The maximum atomic E-state index is 12.1. The topological polar surface area (TPSA) is 50.4 Å². The third kappa shape index (κ3) is 4.49. The minimum absolute atomic E-state index is 0.0588. The van der Waals surface area contributed by atoms with Gasteiger partial charge in [0, 0.05) is 16.8 Å². The van der Waals surface area contributed by atoms with Crippen LogP contribution in [0.1, 0.15) is 24.4 Å². The smallest absolute Gasteiger partial charge is 0.238 e. The molecule has 2 aromatic rings. The third-order valence-electron chi connectivity index (χ3n) is 4.18. The molecule has 5 heteroatoms. The van der Waals surface area contributed by atoms with Gasteiger partial charge in [-0.25, -0.2) is 0 Å². The van der Waals surface area contributed by atoms with E-state index < -0.39 is 0 Å². The van der Waals surface area contributed by atoms with Crippen molar-refractivity contribution >= 4 is 23.2 Å². The van der Waals surface area contributed by atoms with E-state index in [-0.39, 0.29) is 18.5 Å².